The van der Waals surface area contributed by atoms with Crippen LogP contribution in [0.15, 0.2) is 42.7 Å². The van der Waals surface area contributed by atoms with Crippen molar-refractivity contribution in [2.45, 2.75) is 32.7 Å². The van der Waals surface area contributed by atoms with Crippen molar-refractivity contribution >= 4 is 0 Å². The summed E-state index contributed by atoms with van der Waals surface area (Å²) >= 11 is 0. The molecule has 3 heteroatoms. The summed E-state index contributed by atoms with van der Waals surface area (Å²) in [5.74, 6) is 1.61. The maximum absolute atomic E-state index is 4.53. The Labute approximate surface area is 121 Å². The number of hydrogen-bond donors (Lipinski definition) is 1. The Bertz CT molecular complexity index is 546. The minimum atomic E-state index is 0.461. The quantitative estimate of drug-likeness (QED) is 0.869. The molecule has 3 atom stereocenters. The number of hydrogen-bond acceptors (Lipinski definition) is 2. The van der Waals surface area contributed by atoms with E-state index in [1.807, 2.05) is 29.1 Å². The highest BCUT2D eigenvalue weighted by Gasteiger charge is 2.40. The van der Waals surface area contributed by atoms with Gasteiger partial charge in [0.1, 0.15) is 0 Å². The molecule has 1 saturated carbocycles. The third kappa shape index (κ3) is 2.78. The van der Waals surface area contributed by atoms with Gasteiger partial charge in [-0.3, -0.25) is 0 Å². The number of aromatic nitrogens is 2. The molecule has 0 spiro atoms. The second-order valence-corrected chi connectivity index (χ2v) is 5.86. The van der Waals surface area contributed by atoms with Gasteiger partial charge in [-0.25, -0.2) is 4.68 Å². The Kier molecular flexibility index (Phi) is 3.88. The van der Waals surface area contributed by atoms with Gasteiger partial charge < -0.3 is 5.32 Å². The van der Waals surface area contributed by atoms with Crippen LogP contribution < -0.4 is 5.32 Å². The normalized spacial score (nSPS) is 22.7. The molecule has 0 radical (unpaired) electrons. The topological polar surface area (TPSA) is 29.9 Å². The van der Waals surface area contributed by atoms with E-state index >= 15 is 0 Å². The lowest BCUT2D eigenvalue weighted by Gasteiger charge is -2.16. The Morgan fingerprint density at radius 3 is 2.75 bits per heavy atom. The first-order valence-corrected chi connectivity index (χ1v) is 7.63. The van der Waals surface area contributed by atoms with Crippen molar-refractivity contribution in [2.24, 2.45) is 11.8 Å². The zero-order valence-corrected chi connectivity index (χ0v) is 12.3. The maximum atomic E-state index is 4.53. The molecule has 2 aromatic rings. The fraction of sp³-hybridized carbons (Fsp3) is 0.471. The number of rotatable bonds is 6. The van der Waals surface area contributed by atoms with E-state index in [0.717, 1.165) is 24.1 Å². The molecule has 1 aromatic carbocycles. The van der Waals surface area contributed by atoms with Crippen LogP contribution in [0.1, 0.15) is 38.3 Å². The minimum absolute atomic E-state index is 0.461. The molecular formula is C17H23N3. The van der Waals surface area contributed by atoms with Crippen LogP contribution in [0, 0.1) is 11.8 Å². The molecule has 1 heterocycles. The second kappa shape index (κ2) is 5.80. The summed E-state index contributed by atoms with van der Waals surface area (Å²) in [4.78, 5) is 0. The molecule has 0 saturated heterocycles. The third-order valence-electron chi connectivity index (χ3n) is 4.20. The van der Waals surface area contributed by atoms with Crippen LogP contribution in [0.25, 0.3) is 5.69 Å². The van der Waals surface area contributed by atoms with Gasteiger partial charge in [-0.2, -0.15) is 5.10 Å². The molecule has 1 N–H and O–H groups in total. The number of nitrogens with zero attached hydrogens (tertiary/aromatic N) is 2. The molecule has 3 rings (SSSR count). The predicted octanol–water partition coefficient (Wildman–Crippen LogP) is 3.57. The van der Waals surface area contributed by atoms with Gasteiger partial charge in [0.15, 0.2) is 0 Å². The van der Waals surface area contributed by atoms with Crippen LogP contribution in [0.5, 0.6) is 0 Å². The van der Waals surface area contributed by atoms with E-state index < -0.39 is 0 Å². The largest absolute Gasteiger partial charge is 0.310 e. The highest BCUT2D eigenvalue weighted by atomic mass is 15.3. The molecule has 1 aliphatic carbocycles. The molecule has 3 nitrogen and oxygen atoms in total. The van der Waals surface area contributed by atoms with Crippen molar-refractivity contribution in [3.8, 4) is 5.69 Å². The lowest BCUT2D eigenvalue weighted by Crippen LogP contribution is -2.24. The summed E-state index contributed by atoms with van der Waals surface area (Å²) < 4.78 is 1.98. The summed E-state index contributed by atoms with van der Waals surface area (Å²) in [6.07, 6.45) is 6.70. The summed E-state index contributed by atoms with van der Waals surface area (Å²) in [7, 11) is 0. The van der Waals surface area contributed by atoms with E-state index in [1.165, 1.54) is 18.4 Å². The first-order valence-electron chi connectivity index (χ1n) is 7.63. The summed E-state index contributed by atoms with van der Waals surface area (Å²) in [5.41, 5.74) is 2.44. The van der Waals surface area contributed by atoms with Crippen molar-refractivity contribution < 1.29 is 0 Å². The average molecular weight is 269 g/mol. The van der Waals surface area contributed by atoms with Crippen molar-refractivity contribution in [3.63, 3.8) is 0 Å². The lowest BCUT2D eigenvalue weighted by molar-refractivity contribution is 0.463. The smallest absolute Gasteiger partial charge is 0.0645 e. The first-order chi connectivity index (χ1) is 9.79. The summed E-state index contributed by atoms with van der Waals surface area (Å²) in [6, 6.07) is 10.8. The third-order valence-corrected chi connectivity index (χ3v) is 4.20. The lowest BCUT2D eigenvalue weighted by atomic mass is 10.0. The van der Waals surface area contributed by atoms with Crippen molar-refractivity contribution in [3.05, 3.63) is 48.3 Å². The van der Waals surface area contributed by atoms with Gasteiger partial charge in [0.05, 0.1) is 11.9 Å². The zero-order valence-electron chi connectivity index (χ0n) is 12.3. The molecular weight excluding hydrogens is 246 g/mol. The van der Waals surface area contributed by atoms with E-state index in [0.29, 0.717) is 6.04 Å². The first kappa shape index (κ1) is 13.4. The van der Waals surface area contributed by atoms with Gasteiger partial charge in [-0.15, -0.1) is 0 Å². The van der Waals surface area contributed by atoms with Gasteiger partial charge in [0.25, 0.3) is 0 Å². The monoisotopic (exact) mass is 269 g/mol. The molecule has 1 fully saturated rings. The molecule has 106 valence electrons. The van der Waals surface area contributed by atoms with Crippen LogP contribution in [0.3, 0.4) is 0 Å². The van der Waals surface area contributed by atoms with Gasteiger partial charge in [-0.1, -0.05) is 32.0 Å². The minimum Gasteiger partial charge on any atom is -0.310 e. The van der Waals surface area contributed by atoms with E-state index in [9.17, 15) is 0 Å². The molecule has 3 unspecified atom stereocenters. The Balaban J connectivity index is 1.80. The molecule has 0 aliphatic heterocycles. The number of nitrogens with one attached hydrogen (secondary N) is 1. The van der Waals surface area contributed by atoms with Gasteiger partial charge >= 0.3 is 0 Å². The average Bonchev–Trinajstić information content (AvgIpc) is 3.01. The van der Waals surface area contributed by atoms with Gasteiger partial charge in [0, 0.05) is 17.8 Å². The van der Waals surface area contributed by atoms with Crippen LogP contribution in [0.2, 0.25) is 0 Å². The second-order valence-electron chi connectivity index (χ2n) is 5.86. The molecule has 0 bridgehead atoms. The highest BCUT2D eigenvalue weighted by Crippen LogP contribution is 2.46. The van der Waals surface area contributed by atoms with Crippen LogP contribution in [0.4, 0.5) is 0 Å². The Morgan fingerprint density at radius 1 is 1.35 bits per heavy atom. The van der Waals surface area contributed by atoms with Crippen molar-refractivity contribution in [1.82, 2.24) is 15.1 Å². The predicted molar refractivity (Wildman–Crippen MR) is 81.9 cm³/mol. The fourth-order valence-corrected chi connectivity index (χ4v) is 2.85. The molecule has 20 heavy (non-hydrogen) atoms. The zero-order chi connectivity index (χ0) is 13.9. The van der Waals surface area contributed by atoms with Gasteiger partial charge in [0.2, 0.25) is 0 Å². The maximum Gasteiger partial charge on any atom is 0.0645 e. The van der Waals surface area contributed by atoms with Crippen LogP contribution in [-0.2, 0) is 0 Å². The van der Waals surface area contributed by atoms with Crippen molar-refractivity contribution in [1.29, 1.82) is 0 Å². The van der Waals surface area contributed by atoms with Crippen LogP contribution in [-0.4, -0.2) is 16.3 Å². The van der Waals surface area contributed by atoms with Crippen molar-refractivity contribution in [2.75, 3.05) is 6.54 Å². The Hall–Kier alpha value is -1.61. The van der Waals surface area contributed by atoms with E-state index in [-0.39, 0.29) is 0 Å². The van der Waals surface area contributed by atoms with E-state index in [2.05, 4.69) is 42.6 Å². The Morgan fingerprint density at radius 2 is 2.10 bits per heavy atom. The van der Waals surface area contributed by atoms with E-state index in [1.54, 1.807) is 0 Å². The SMILES string of the molecule is CCCNC(c1cnn(-c2ccccc2)c1)C1CC1C. The summed E-state index contributed by atoms with van der Waals surface area (Å²) in [6.45, 7) is 5.63. The van der Waals surface area contributed by atoms with Gasteiger partial charge in [-0.05, 0) is 43.4 Å². The molecule has 0 amide bonds. The molecule has 1 aliphatic rings. The van der Waals surface area contributed by atoms with E-state index in [4.69, 9.17) is 0 Å². The summed E-state index contributed by atoms with van der Waals surface area (Å²) in [5, 5.41) is 8.22. The standard InChI is InChI=1S/C17H23N3/c1-3-9-18-17(16-10-13(16)2)14-11-19-20(12-14)15-7-5-4-6-8-15/h4-8,11-13,16-18H,3,9-10H2,1-2H3. The van der Waals surface area contributed by atoms with Crippen LogP contribution >= 0.6 is 0 Å². The highest BCUT2D eigenvalue weighted by molar-refractivity contribution is 5.31. The fourth-order valence-electron chi connectivity index (χ4n) is 2.85. The number of para-hydroxylation sites is 1. The molecule has 1 aromatic heterocycles. The number of benzene rings is 1.